The van der Waals surface area contributed by atoms with Crippen LogP contribution < -0.4 is 5.56 Å². The fraction of sp³-hybridized carbons (Fsp3) is 0.333. The Morgan fingerprint density at radius 2 is 1.85 bits per heavy atom. The van der Waals surface area contributed by atoms with Gasteiger partial charge in [-0.3, -0.25) is 4.79 Å². The second kappa shape index (κ2) is 6.53. The Morgan fingerprint density at radius 3 is 2.52 bits per heavy atom. The van der Waals surface area contributed by atoms with E-state index < -0.39 is 12.0 Å². The number of nitrogens with zero attached hydrogens (tertiary/aromatic N) is 2. The van der Waals surface area contributed by atoms with E-state index in [-0.39, 0.29) is 25.1 Å². The molecule has 3 aromatic rings. The number of hydrogen-bond donors (Lipinski definition) is 0. The maximum atomic E-state index is 13.0. The summed E-state index contributed by atoms with van der Waals surface area (Å²) in [7, 11) is 0. The lowest BCUT2D eigenvalue weighted by atomic mass is 10.0. The average Bonchev–Trinajstić information content (AvgIpc) is 3.26. The van der Waals surface area contributed by atoms with Gasteiger partial charge in [0.15, 0.2) is 0 Å². The molecule has 2 aromatic carbocycles. The van der Waals surface area contributed by atoms with Gasteiger partial charge in [-0.15, -0.1) is 0 Å². The summed E-state index contributed by atoms with van der Waals surface area (Å²) in [5.41, 5.74) is 3.68. The Balaban J connectivity index is 1.72. The highest BCUT2D eigenvalue weighted by molar-refractivity contribution is 5.93. The molecule has 0 bridgehead atoms. The van der Waals surface area contributed by atoms with E-state index in [1.54, 1.807) is 12.1 Å². The van der Waals surface area contributed by atoms with Crippen LogP contribution in [-0.2, 0) is 11.3 Å². The van der Waals surface area contributed by atoms with Gasteiger partial charge in [-0.2, -0.15) is 5.10 Å². The van der Waals surface area contributed by atoms with Crippen molar-refractivity contribution in [2.75, 3.05) is 6.61 Å². The lowest BCUT2D eigenvalue weighted by Crippen LogP contribution is -2.26. The summed E-state index contributed by atoms with van der Waals surface area (Å²) in [5.74, 6) is -2.73. The van der Waals surface area contributed by atoms with Crippen molar-refractivity contribution in [1.82, 2.24) is 9.78 Å². The van der Waals surface area contributed by atoms with E-state index in [0.717, 1.165) is 16.5 Å². The van der Waals surface area contributed by atoms with Gasteiger partial charge in [-0.1, -0.05) is 30.3 Å². The molecule has 1 saturated carbocycles. The number of benzene rings is 2. The normalized spacial score (nSPS) is 18.0. The highest BCUT2D eigenvalue weighted by Gasteiger charge is 2.58. The van der Waals surface area contributed by atoms with Gasteiger partial charge in [-0.05, 0) is 37.1 Å². The zero-order chi connectivity index (χ0) is 19.2. The highest BCUT2D eigenvalue weighted by Crippen LogP contribution is 2.44. The molecule has 1 fully saturated rings. The van der Waals surface area contributed by atoms with Crippen LogP contribution in [0.1, 0.15) is 17.5 Å². The Labute approximate surface area is 155 Å². The number of ether oxygens (including phenoxy) is 1. The van der Waals surface area contributed by atoms with Gasteiger partial charge in [0.25, 0.3) is 11.5 Å². The molecule has 1 aromatic heterocycles. The first-order valence-electron chi connectivity index (χ1n) is 8.94. The molecule has 27 heavy (non-hydrogen) atoms. The number of halogens is 2. The SMILES string of the molecule is Cc1ccc(-c2nn(CCOC3CC3(F)F)c(=O)c3ccccc23)cc1C. The lowest BCUT2D eigenvalue weighted by molar-refractivity contribution is 0.00977. The summed E-state index contributed by atoms with van der Waals surface area (Å²) in [6, 6.07) is 13.4. The van der Waals surface area contributed by atoms with Gasteiger partial charge in [0.05, 0.1) is 24.2 Å². The number of hydrogen-bond acceptors (Lipinski definition) is 3. The van der Waals surface area contributed by atoms with Crippen LogP contribution in [0, 0.1) is 13.8 Å². The molecule has 140 valence electrons. The molecule has 0 amide bonds. The van der Waals surface area contributed by atoms with E-state index in [2.05, 4.69) is 5.10 Å². The van der Waals surface area contributed by atoms with Gasteiger partial charge in [0, 0.05) is 17.4 Å². The molecular weight excluding hydrogens is 350 g/mol. The van der Waals surface area contributed by atoms with Crippen LogP contribution >= 0.6 is 0 Å². The van der Waals surface area contributed by atoms with Crippen molar-refractivity contribution in [2.45, 2.75) is 38.8 Å². The second-order valence-electron chi connectivity index (χ2n) is 7.05. The quantitative estimate of drug-likeness (QED) is 0.679. The zero-order valence-corrected chi connectivity index (χ0v) is 15.2. The molecule has 1 aliphatic carbocycles. The van der Waals surface area contributed by atoms with Gasteiger partial charge in [-0.25, -0.2) is 13.5 Å². The first-order chi connectivity index (χ1) is 12.9. The van der Waals surface area contributed by atoms with Crippen molar-refractivity contribution in [3.05, 3.63) is 63.9 Å². The van der Waals surface area contributed by atoms with Gasteiger partial charge in [0.2, 0.25) is 0 Å². The van der Waals surface area contributed by atoms with Gasteiger partial charge in [0.1, 0.15) is 6.10 Å². The van der Waals surface area contributed by atoms with E-state index >= 15 is 0 Å². The molecule has 0 radical (unpaired) electrons. The molecule has 1 unspecified atom stereocenters. The number of fused-ring (bicyclic) bond motifs is 1. The fourth-order valence-electron chi connectivity index (χ4n) is 3.14. The van der Waals surface area contributed by atoms with Crippen molar-refractivity contribution < 1.29 is 13.5 Å². The largest absolute Gasteiger partial charge is 0.370 e. The molecule has 1 heterocycles. The summed E-state index contributed by atoms with van der Waals surface area (Å²) < 4.78 is 32.4. The van der Waals surface area contributed by atoms with Crippen molar-refractivity contribution in [1.29, 1.82) is 0 Å². The van der Waals surface area contributed by atoms with Crippen molar-refractivity contribution in [2.24, 2.45) is 0 Å². The minimum Gasteiger partial charge on any atom is -0.370 e. The van der Waals surface area contributed by atoms with E-state index in [4.69, 9.17) is 4.74 Å². The molecule has 0 aliphatic heterocycles. The zero-order valence-electron chi connectivity index (χ0n) is 15.2. The molecule has 1 aliphatic rings. The molecule has 0 saturated heterocycles. The third kappa shape index (κ3) is 3.37. The van der Waals surface area contributed by atoms with Gasteiger partial charge >= 0.3 is 0 Å². The number of rotatable bonds is 5. The molecule has 0 spiro atoms. The monoisotopic (exact) mass is 370 g/mol. The molecule has 4 rings (SSSR count). The number of alkyl halides is 2. The topological polar surface area (TPSA) is 44.1 Å². The maximum absolute atomic E-state index is 13.0. The van der Waals surface area contributed by atoms with Crippen molar-refractivity contribution in [3.8, 4) is 11.3 Å². The summed E-state index contributed by atoms with van der Waals surface area (Å²) in [4.78, 5) is 12.7. The van der Waals surface area contributed by atoms with Crippen LogP contribution in [0.25, 0.3) is 22.0 Å². The van der Waals surface area contributed by atoms with Crippen molar-refractivity contribution in [3.63, 3.8) is 0 Å². The highest BCUT2D eigenvalue weighted by atomic mass is 19.3. The van der Waals surface area contributed by atoms with Crippen LogP contribution in [0.2, 0.25) is 0 Å². The molecule has 0 N–H and O–H groups in total. The van der Waals surface area contributed by atoms with Crippen LogP contribution in [0.5, 0.6) is 0 Å². The standard InChI is InChI=1S/C21H20F2N2O2/c1-13-7-8-15(11-14(13)2)19-16-5-3-4-6-17(16)20(26)25(24-19)9-10-27-18-12-21(18,22)23/h3-8,11,18H,9-10,12H2,1-2H3. The lowest BCUT2D eigenvalue weighted by Gasteiger charge is -2.12. The summed E-state index contributed by atoms with van der Waals surface area (Å²) >= 11 is 0. The van der Waals surface area contributed by atoms with Crippen LogP contribution in [0.3, 0.4) is 0 Å². The van der Waals surface area contributed by atoms with Gasteiger partial charge < -0.3 is 4.74 Å². The minimum absolute atomic E-state index is 0.0257. The predicted molar refractivity (Wildman–Crippen MR) is 100 cm³/mol. The molecule has 6 heteroatoms. The third-order valence-corrected chi connectivity index (χ3v) is 5.04. The first kappa shape index (κ1) is 17.8. The minimum atomic E-state index is -2.73. The van der Waals surface area contributed by atoms with Crippen LogP contribution in [-0.4, -0.2) is 28.4 Å². The van der Waals surface area contributed by atoms with Crippen LogP contribution in [0.4, 0.5) is 8.78 Å². The molecule has 1 atom stereocenters. The average molecular weight is 370 g/mol. The smallest absolute Gasteiger partial charge is 0.276 e. The Kier molecular flexibility index (Phi) is 4.30. The summed E-state index contributed by atoms with van der Waals surface area (Å²) in [6.07, 6.45) is -1.28. The summed E-state index contributed by atoms with van der Waals surface area (Å²) in [5, 5.41) is 5.86. The molecular formula is C21H20F2N2O2. The summed E-state index contributed by atoms with van der Waals surface area (Å²) in [6.45, 7) is 4.23. The van der Waals surface area contributed by atoms with E-state index in [0.29, 0.717) is 11.1 Å². The van der Waals surface area contributed by atoms with Crippen LogP contribution in [0.15, 0.2) is 47.3 Å². The maximum Gasteiger partial charge on any atom is 0.276 e. The Hall–Kier alpha value is -2.60. The Morgan fingerprint density at radius 1 is 1.15 bits per heavy atom. The second-order valence-corrected chi connectivity index (χ2v) is 7.05. The number of aromatic nitrogens is 2. The molecule has 4 nitrogen and oxygen atoms in total. The van der Waals surface area contributed by atoms with E-state index in [9.17, 15) is 13.6 Å². The van der Waals surface area contributed by atoms with Crippen molar-refractivity contribution >= 4 is 10.8 Å². The Bertz CT molecular complexity index is 1080. The fourth-order valence-corrected chi connectivity index (χ4v) is 3.14. The van der Waals surface area contributed by atoms with E-state index in [1.165, 1.54) is 10.2 Å². The third-order valence-electron chi connectivity index (χ3n) is 5.04. The number of aryl methyl sites for hydroxylation is 2. The first-order valence-corrected chi connectivity index (χ1v) is 8.94. The van der Waals surface area contributed by atoms with E-state index in [1.807, 2.05) is 44.2 Å². The predicted octanol–water partition coefficient (Wildman–Crippen LogP) is 4.10.